The number of para-hydroxylation sites is 6. The Kier molecular flexibility index (Phi) is 21.6. The first-order valence-electron chi connectivity index (χ1n) is 39.2. The fourth-order valence-corrected chi connectivity index (χ4v) is 16.2. The molecule has 0 amide bonds. The molecule has 0 unspecified atom stereocenters. The van der Waals surface area contributed by atoms with Gasteiger partial charge in [-0.15, -0.1) is 0 Å². The first kappa shape index (κ1) is 74.3. The molecule has 0 spiro atoms. The number of ether oxygens (including phenoxy) is 7. The molecule has 16 rings (SSSR count). The third-order valence-electron chi connectivity index (χ3n) is 23.1. The average molecular weight is 1490 g/mol. The molecule has 12 aromatic carbocycles. The second kappa shape index (κ2) is 32.6. The summed E-state index contributed by atoms with van der Waals surface area (Å²) in [6.07, 6.45) is 0. The number of hydrogen-bond acceptors (Lipinski definition) is 14. The highest BCUT2D eigenvalue weighted by atomic mass is 16.5. The molecule has 14 heteroatoms. The van der Waals surface area contributed by atoms with E-state index < -0.39 is 16.2 Å². The Bertz CT molecular complexity index is 5220. The van der Waals surface area contributed by atoms with Gasteiger partial charge in [0.15, 0.2) is 26.9 Å². The summed E-state index contributed by atoms with van der Waals surface area (Å²) in [5, 5.41) is 13.8. The van der Waals surface area contributed by atoms with E-state index in [1.54, 1.807) is 7.11 Å². The topological polar surface area (TPSA) is 104 Å². The molecule has 4 aliphatic heterocycles. The van der Waals surface area contributed by atoms with Gasteiger partial charge in [0.2, 0.25) is 0 Å². The van der Waals surface area contributed by atoms with Crippen LogP contribution in [0.3, 0.4) is 0 Å². The fourth-order valence-electron chi connectivity index (χ4n) is 16.2. The van der Waals surface area contributed by atoms with Crippen LogP contribution in [-0.2, 0) is 78.1 Å². The maximum Gasteiger partial charge on any atom is 0.161 e. The standard InChI is InChI=1S/C98H100N6O8/c1-96(2,79-39-43-91-71(51-79)59-101(66-109-91)86-30-18-10-19-31-86)78-38-42-90(108-49-48-107-47-46-106-7)70(50-78)58-99(84-26-14-8-15-27-84)62-74-54-82(97(3,4)80-40-44-92-72(52-80)60-102(67-110-92)87-32-20-11-21-33-87)55-75(94(74)105)63-100(85-28-16-9-17-29-85)64-76-56-83(57-77-65-104(69-112-95(76)77)89-36-24-13-25-37-89)98(5,6)81-41-45-93-73(53-81)61-103(68-111-93)88-34-22-12-23-35-88/h8-45,50-57,105H,46-49,58-69H2,1-7H3. The molecule has 0 fully saturated rings. The normalized spacial score (nSPS) is 14.0. The van der Waals surface area contributed by atoms with Gasteiger partial charge in [-0.3, -0.25) is 0 Å². The Morgan fingerprint density at radius 2 is 0.652 bits per heavy atom. The molecular weight excluding hydrogens is 1390 g/mol. The Labute approximate surface area is 660 Å². The lowest BCUT2D eigenvalue weighted by Crippen LogP contribution is -2.34. The predicted octanol–water partition coefficient (Wildman–Crippen LogP) is 20.3. The Morgan fingerprint density at radius 3 is 1.08 bits per heavy atom. The predicted molar refractivity (Wildman–Crippen MR) is 450 cm³/mol. The maximum absolute atomic E-state index is 13.8. The number of anilines is 6. The number of methoxy groups -OCH3 is 1. The minimum absolute atomic E-state index is 0.231. The quantitative estimate of drug-likeness (QED) is 0.0494. The Hall–Kier alpha value is -11.8. The minimum Gasteiger partial charge on any atom is -0.507 e. The average Bonchev–Trinajstić information content (AvgIpc) is 0.764. The van der Waals surface area contributed by atoms with Gasteiger partial charge < -0.3 is 67.7 Å². The molecule has 14 nitrogen and oxygen atoms in total. The molecule has 12 aromatic rings. The summed E-state index contributed by atoms with van der Waals surface area (Å²) in [7, 11) is 1.68. The van der Waals surface area contributed by atoms with E-state index in [0.717, 1.165) is 137 Å². The molecule has 0 saturated carbocycles. The van der Waals surface area contributed by atoms with Crippen LogP contribution in [0.15, 0.2) is 279 Å². The van der Waals surface area contributed by atoms with Crippen LogP contribution in [0.25, 0.3) is 0 Å². The van der Waals surface area contributed by atoms with Crippen LogP contribution in [0.2, 0.25) is 0 Å². The van der Waals surface area contributed by atoms with Crippen molar-refractivity contribution in [1.29, 1.82) is 0 Å². The van der Waals surface area contributed by atoms with Crippen molar-refractivity contribution in [3.63, 3.8) is 0 Å². The van der Waals surface area contributed by atoms with Gasteiger partial charge in [0, 0.05) is 154 Å². The van der Waals surface area contributed by atoms with Gasteiger partial charge in [0.1, 0.15) is 41.1 Å². The number of benzene rings is 12. The first-order valence-corrected chi connectivity index (χ1v) is 39.2. The maximum atomic E-state index is 13.8. The highest BCUT2D eigenvalue weighted by molar-refractivity contribution is 5.63. The number of phenols is 1. The SMILES string of the molecule is COCCOCCOc1ccc(C(C)(C)c2ccc3c(c2)CN(c2ccccc2)CO3)cc1CN(Cc1cc(C(C)(C)c2ccc3c(c2)CN(c2ccccc2)CO3)cc(CN(Cc2cc(C(C)(C)c3ccc4c(c3)CN(c3ccccc3)CO4)cc3c2OCN(c2ccccc2)C3)c2ccccc2)c1O)c1ccccc1. The molecule has 1 N–H and O–H groups in total. The van der Waals surface area contributed by atoms with Gasteiger partial charge in [-0.05, 0) is 179 Å². The summed E-state index contributed by atoms with van der Waals surface area (Å²) in [6.45, 7) is 21.8. The molecule has 4 heterocycles. The van der Waals surface area contributed by atoms with Crippen molar-refractivity contribution in [3.05, 3.63) is 357 Å². The number of hydrogen-bond donors (Lipinski definition) is 1. The molecule has 0 radical (unpaired) electrons. The van der Waals surface area contributed by atoms with E-state index >= 15 is 0 Å². The lowest BCUT2D eigenvalue weighted by Gasteiger charge is -2.36. The van der Waals surface area contributed by atoms with Gasteiger partial charge in [0.05, 0.1) is 19.8 Å². The van der Waals surface area contributed by atoms with Crippen LogP contribution < -0.4 is 53.1 Å². The van der Waals surface area contributed by atoms with E-state index in [0.29, 0.717) is 92.6 Å². The summed E-state index contributed by atoms with van der Waals surface area (Å²) in [6, 6.07) is 99.3. The number of aromatic hydroxyl groups is 1. The number of fused-ring (bicyclic) bond motifs is 4. The van der Waals surface area contributed by atoms with Crippen molar-refractivity contribution >= 4 is 34.1 Å². The van der Waals surface area contributed by atoms with Crippen LogP contribution in [0.1, 0.15) is 119 Å². The van der Waals surface area contributed by atoms with E-state index in [9.17, 15) is 5.11 Å². The van der Waals surface area contributed by atoms with E-state index in [4.69, 9.17) is 33.2 Å². The van der Waals surface area contributed by atoms with Crippen molar-refractivity contribution in [2.75, 3.05) is 89.9 Å². The highest BCUT2D eigenvalue weighted by Gasteiger charge is 2.35. The van der Waals surface area contributed by atoms with Gasteiger partial charge in [0.25, 0.3) is 0 Å². The van der Waals surface area contributed by atoms with Crippen LogP contribution in [0, 0.1) is 0 Å². The van der Waals surface area contributed by atoms with Crippen molar-refractivity contribution in [2.24, 2.45) is 0 Å². The summed E-state index contributed by atoms with van der Waals surface area (Å²) in [5.74, 6) is 4.58. The lowest BCUT2D eigenvalue weighted by molar-refractivity contribution is 0.0542. The van der Waals surface area contributed by atoms with E-state index in [1.807, 2.05) is 6.07 Å². The molecular formula is C98H100N6O8. The zero-order valence-electron chi connectivity index (χ0n) is 65.4. The van der Waals surface area contributed by atoms with Crippen LogP contribution in [0.4, 0.5) is 34.1 Å². The van der Waals surface area contributed by atoms with Crippen molar-refractivity contribution in [3.8, 4) is 34.5 Å². The Balaban J connectivity index is 0.793. The monoisotopic (exact) mass is 1490 g/mol. The molecule has 0 saturated heterocycles. The van der Waals surface area contributed by atoms with Crippen LogP contribution >= 0.6 is 0 Å². The van der Waals surface area contributed by atoms with Gasteiger partial charge in [-0.25, -0.2) is 0 Å². The van der Waals surface area contributed by atoms with Crippen molar-refractivity contribution in [1.82, 2.24) is 0 Å². The number of nitrogens with zero attached hydrogens (tertiary/aromatic N) is 6. The molecule has 0 aliphatic carbocycles. The molecule has 0 bridgehead atoms. The summed E-state index contributed by atoms with van der Waals surface area (Å²) < 4.78 is 44.6. The summed E-state index contributed by atoms with van der Waals surface area (Å²) >= 11 is 0. The molecule has 0 aromatic heterocycles. The van der Waals surface area contributed by atoms with E-state index in [1.165, 1.54) is 16.7 Å². The molecule has 0 atom stereocenters. The van der Waals surface area contributed by atoms with Crippen LogP contribution in [0.5, 0.6) is 34.5 Å². The van der Waals surface area contributed by atoms with Crippen molar-refractivity contribution < 1.29 is 38.3 Å². The third kappa shape index (κ3) is 16.1. The second-order valence-corrected chi connectivity index (χ2v) is 31.5. The van der Waals surface area contributed by atoms with Gasteiger partial charge in [-0.2, -0.15) is 0 Å². The smallest absolute Gasteiger partial charge is 0.161 e. The molecule has 4 aliphatic rings. The minimum atomic E-state index is -0.592. The summed E-state index contributed by atoms with van der Waals surface area (Å²) in [4.78, 5) is 13.9. The number of rotatable bonds is 27. The number of phenolic OH excluding ortho intramolecular Hbond substituents is 1. The largest absolute Gasteiger partial charge is 0.507 e. The third-order valence-corrected chi connectivity index (χ3v) is 23.1. The van der Waals surface area contributed by atoms with Gasteiger partial charge >= 0.3 is 0 Å². The summed E-state index contributed by atoms with van der Waals surface area (Å²) in [5.41, 5.74) is 19.9. The highest BCUT2D eigenvalue weighted by Crippen LogP contribution is 2.46. The zero-order valence-corrected chi connectivity index (χ0v) is 65.4. The van der Waals surface area contributed by atoms with Gasteiger partial charge in [-0.1, -0.05) is 175 Å². The Morgan fingerprint density at radius 1 is 0.330 bits per heavy atom. The lowest BCUT2D eigenvalue weighted by atomic mass is 9.76. The van der Waals surface area contributed by atoms with Crippen molar-refractivity contribution in [2.45, 2.75) is 110 Å². The van der Waals surface area contributed by atoms with E-state index in [2.05, 4.69) is 344 Å². The van der Waals surface area contributed by atoms with E-state index in [-0.39, 0.29) is 5.75 Å². The second-order valence-electron chi connectivity index (χ2n) is 31.5. The first-order chi connectivity index (χ1) is 54.6. The van der Waals surface area contributed by atoms with Crippen LogP contribution in [-0.4, -0.2) is 65.6 Å². The zero-order chi connectivity index (χ0) is 76.8. The molecule has 112 heavy (non-hydrogen) atoms. The fraction of sp³-hybridized carbons (Fsp3) is 0.265. The molecule has 570 valence electrons.